The molecule has 0 aliphatic heterocycles. The highest BCUT2D eigenvalue weighted by molar-refractivity contribution is 5.03. The van der Waals surface area contributed by atoms with Crippen LogP contribution in [0.2, 0.25) is 0 Å². The molecule has 0 rings (SSSR count). The Hall–Kier alpha value is -1.99. The van der Waals surface area contributed by atoms with Crippen molar-refractivity contribution in [3.63, 3.8) is 0 Å². The van der Waals surface area contributed by atoms with E-state index in [0.717, 1.165) is 0 Å². The second kappa shape index (κ2) is 6.13. The highest BCUT2D eigenvalue weighted by Gasteiger charge is 1.93. The molecule has 0 aromatic heterocycles. The molecule has 0 spiro atoms. The minimum atomic E-state index is 0.131. The summed E-state index contributed by atoms with van der Waals surface area (Å²) in [5.74, 6) is 0. The van der Waals surface area contributed by atoms with E-state index in [1.165, 1.54) is 17.2 Å². The molecule has 0 atom stereocenters. The van der Waals surface area contributed by atoms with E-state index in [9.17, 15) is 0 Å². The molecule has 0 N–H and O–H groups in total. The zero-order valence-electron chi connectivity index (χ0n) is 5.86. The molecule has 0 amide bonds. The van der Waals surface area contributed by atoms with Gasteiger partial charge in [-0.2, -0.15) is 15.8 Å². The van der Waals surface area contributed by atoms with Crippen molar-refractivity contribution in [1.82, 2.24) is 4.90 Å². The van der Waals surface area contributed by atoms with Crippen LogP contribution in [0.1, 0.15) is 0 Å². The average molecular weight is 146 g/mol. The highest BCUT2D eigenvalue weighted by atomic mass is 15.1. The van der Waals surface area contributed by atoms with Crippen LogP contribution in [0.3, 0.4) is 0 Å². The van der Waals surface area contributed by atoms with Gasteiger partial charge in [-0.1, -0.05) is 0 Å². The predicted octanol–water partition coefficient (Wildman–Crippen LogP) is 0.373. The van der Waals surface area contributed by atoms with Crippen molar-refractivity contribution in [1.29, 1.82) is 15.8 Å². The number of allylic oxidation sites excluding steroid dienone is 1. The molecule has 0 bridgehead atoms. The molecule has 0 aliphatic carbocycles. The number of hydrogen-bond acceptors (Lipinski definition) is 4. The average Bonchev–Trinajstić information content (AvgIpc) is 2.01. The Balaban J connectivity index is 3.95. The van der Waals surface area contributed by atoms with Gasteiger partial charge in [-0.15, -0.1) is 0 Å². The minimum absolute atomic E-state index is 0.131. The fraction of sp³-hybridized carbons (Fsp3) is 0.286. The lowest BCUT2D eigenvalue weighted by Crippen LogP contribution is -2.17. The zero-order chi connectivity index (χ0) is 8.53. The van der Waals surface area contributed by atoms with Crippen LogP contribution in [0.5, 0.6) is 0 Å². The molecule has 0 aliphatic rings. The number of nitrogens with zero attached hydrogens (tertiary/aromatic N) is 4. The number of hydrogen-bond donors (Lipinski definition) is 0. The van der Waals surface area contributed by atoms with Crippen LogP contribution in [0.4, 0.5) is 0 Å². The number of rotatable bonds is 3. The fourth-order valence-electron chi connectivity index (χ4n) is 0.482. The van der Waals surface area contributed by atoms with Gasteiger partial charge in [0.1, 0.15) is 13.1 Å². The van der Waals surface area contributed by atoms with Crippen LogP contribution in [0.25, 0.3) is 0 Å². The summed E-state index contributed by atoms with van der Waals surface area (Å²) >= 11 is 0. The second-order valence-electron chi connectivity index (χ2n) is 1.67. The molecule has 0 unspecified atom stereocenters. The van der Waals surface area contributed by atoms with Gasteiger partial charge >= 0.3 is 0 Å². The quantitative estimate of drug-likeness (QED) is 0.426. The lowest BCUT2D eigenvalue weighted by atomic mass is 10.5. The summed E-state index contributed by atoms with van der Waals surface area (Å²) in [6, 6.07) is 5.53. The smallest absolute Gasteiger partial charge is 0.106 e. The van der Waals surface area contributed by atoms with Crippen molar-refractivity contribution in [3.05, 3.63) is 12.3 Å². The van der Waals surface area contributed by atoms with Crippen molar-refractivity contribution < 1.29 is 0 Å². The summed E-state index contributed by atoms with van der Waals surface area (Å²) in [5.41, 5.74) is 0. The summed E-state index contributed by atoms with van der Waals surface area (Å²) < 4.78 is 0. The van der Waals surface area contributed by atoms with Gasteiger partial charge in [0.15, 0.2) is 0 Å². The van der Waals surface area contributed by atoms with Crippen molar-refractivity contribution in [3.8, 4) is 18.2 Å². The van der Waals surface area contributed by atoms with Crippen LogP contribution in [0, 0.1) is 34.0 Å². The molecule has 54 valence electrons. The van der Waals surface area contributed by atoms with Crippen molar-refractivity contribution in [2.24, 2.45) is 0 Å². The van der Waals surface area contributed by atoms with E-state index in [4.69, 9.17) is 15.8 Å². The number of nitriles is 3. The topological polar surface area (TPSA) is 74.6 Å². The second-order valence-corrected chi connectivity index (χ2v) is 1.67. The summed E-state index contributed by atoms with van der Waals surface area (Å²) in [6.45, 7) is 0.261. The molecule has 4 nitrogen and oxygen atoms in total. The molecule has 0 radical (unpaired) electrons. The van der Waals surface area contributed by atoms with Crippen molar-refractivity contribution >= 4 is 0 Å². The Labute approximate surface area is 65.2 Å². The van der Waals surface area contributed by atoms with Crippen LogP contribution >= 0.6 is 0 Å². The minimum Gasteiger partial charge on any atom is -0.350 e. The van der Waals surface area contributed by atoms with Gasteiger partial charge < -0.3 is 4.90 Å². The van der Waals surface area contributed by atoms with Gasteiger partial charge in [0, 0.05) is 12.3 Å². The van der Waals surface area contributed by atoms with Crippen LogP contribution in [0.15, 0.2) is 12.3 Å². The molecular weight excluding hydrogens is 140 g/mol. The Bertz CT molecular complexity index is 231. The summed E-state index contributed by atoms with van der Waals surface area (Å²) in [6.07, 6.45) is 2.65. The Morgan fingerprint density at radius 1 is 1.09 bits per heavy atom. The SMILES string of the molecule is N#C/C=C/N(CC#N)CC#N. The van der Waals surface area contributed by atoms with Crippen LogP contribution < -0.4 is 0 Å². The van der Waals surface area contributed by atoms with E-state index in [1.807, 2.05) is 12.1 Å². The third kappa shape index (κ3) is 4.51. The Morgan fingerprint density at radius 3 is 2.00 bits per heavy atom. The first-order valence-corrected chi connectivity index (χ1v) is 2.89. The van der Waals surface area contributed by atoms with E-state index < -0.39 is 0 Å². The Kier molecular flexibility index (Phi) is 5.02. The van der Waals surface area contributed by atoms with Crippen LogP contribution in [-0.4, -0.2) is 18.0 Å². The van der Waals surface area contributed by atoms with Crippen molar-refractivity contribution in [2.75, 3.05) is 13.1 Å². The van der Waals surface area contributed by atoms with Gasteiger partial charge in [-0.05, 0) is 0 Å². The third-order valence-electron chi connectivity index (χ3n) is 0.907. The van der Waals surface area contributed by atoms with E-state index >= 15 is 0 Å². The molecular formula is C7H6N4. The lowest BCUT2D eigenvalue weighted by molar-refractivity contribution is 0.472. The van der Waals surface area contributed by atoms with Gasteiger partial charge in [0.05, 0.1) is 18.2 Å². The maximum absolute atomic E-state index is 8.24. The Morgan fingerprint density at radius 2 is 1.64 bits per heavy atom. The maximum Gasteiger partial charge on any atom is 0.106 e. The summed E-state index contributed by atoms with van der Waals surface area (Å²) in [4.78, 5) is 1.45. The monoisotopic (exact) mass is 146 g/mol. The van der Waals surface area contributed by atoms with E-state index in [2.05, 4.69) is 0 Å². The molecule has 0 aromatic rings. The standard InChI is InChI=1S/C7H6N4/c8-2-1-5-11(6-3-9)7-4-10/h1,5H,6-7H2/b5-1+. The van der Waals surface area contributed by atoms with E-state index in [0.29, 0.717) is 0 Å². The third-order valence-corrected chi connectivity index (χ3v) is 0.907. The first kappa shape index (κ1) is 9.01. The molecule has 0 saturated carbocycles. The maximum atomic E-state index is 8.24. The normalized spacial score (nSPS) is 8.09. The molecule has 4 heteroatoms. The first-order chi connectivity index (χ1) is 5.35. The highest BCUT2D eigenvalue weighted by Crippen LogP contribution is 1.86. The molecule has 0 heterocycles. The van der Waals surface area contributed by atoms with Gasteiger partial charge in [-0.3, -0.25) is 0 Å². The zero-order valence-corrected chi connectivity index (χ0v) is 5.86. The van der Waals surface area contributed by atoms with E-state index in [-0.39, 0.29) is 13.1 Å². The molecule has 0 aromatic carbocycles. The van der Waals surface area contributed by atoms with E-state index in [1.54, 1.807) is 6.07 Å². The molecule has 0 saturated heterocycles. The van der Waals surface area contributed by atoms with Gasteiger partial charge in [0.2, 0.25) is 0 Å². The van der Waals surface area contributed by atoms with Crippen LogP contribution in [-0.2, 0) is 0 Å². The molecule has 0 fully saturated rings. The van der Waals surface area contributed by atoms with Crippen molar-refractivity contribution in [2.45, 2.75) is 0 Å². The summed E-state index contributed by atoms with van der Waals surface area (Å²) in [7, 11) is 0. The molecule has 11 heavy (non-hydrogen) atoms. The van der Waals surface area contributed by atoms with Gasteiger partial charge in [0.25, 0.3) is 0 Å². The first-order valence-electron chi connectivity index (χ1n) is 2.89. The predicted molar refractivity (Wildman–Crippen MR) is 37.6 cm³/mol. The summed E-state index contributed by atoms with van der Waals surface area (Å²) in [5, 5.41) is 24.6. The van der Waals surface area contributed by atoms with Gasteiger partial charge in [-0.25, -0.2) is 0 Å². The lowest BCUT2D eigenvalue weighted by Gasteiger charge is -2.09. The fourth-order valence-corrected chi connectivity index (χ4v) is 0.482. The largest absolute Gasteiger partial charge is 0.350 e.